The van der Waals surface area contributed by atoms with E-state index in [-0.39, 0.29) is 23.8 Å². The van der Waals surface area contributed by atoms with Crippen molar-refractivity contribution >= 4 is 57.2 Å². The molecule has 2 aliphatic rings. The van der Waals surface area contributed by atoms with E-state index in [2.05, 4.69) is 11.4 Å². The third kappa shape index (κ3) is 4.41. The number of rotatable bonds is 6. The Balaban J connectivity index is 1.26. The second-order valence-electron chi connectivity index (χ2n) is 8.95. The number of aromatic nitrogens is 1. The van der Waals surface area contributed by atoms with Crippen LogP contribution in [-0.4, -0.2) is 36.0 Å². The predicted octanol–water partition coefficient (Wildman–Crippen LogP) is 5.51. The van der Waals surface area contributed by atoms with Crippen molar-refractivity contribution < 1.29 is 28.6 Å². The SMILES string of the molecule is CC(=O)c1cc2c(cc1NC(=O)COC(=O)c1c3c(nc4ccccc14)C(=Cc1cccs1)CC3)OCO2. The van der Waals surface area contributed by atoms with Gasteiger partial charge in [0.25, 0.3) is 5.91 Å². The molecule has 1 aliphatic carbocycles. The van der Waals surface area contributed by atoms with E-state index in [9.17, 15) is 14.4 Å². The fraction of sp³-hybridized carbons (Fsp3) is 0.172. The van der Waals surface area contributed by atoms with Gasteiger partial charge in [-0.3, -0.25) is 9.59 Å². The summed E-state index contributed by atoms with van der Waals surface area (Å²) in [6, 6.07) is 14.5. The van der Waals surface area contributed by atoms with Crippen LogP contribution in [0.1, 0.15) is 50.2 Å². The van der Waals surface area contributed by atoms with Gasteiger partial charge in [0.1, 0.15) is 0 Å². The summed E-state index contributed by atoms with van der Waals surface area (Å²) in [6.45, 7) is 0.910. The number of carbonyl (C=O) groups excluding carboxylic acids is 3. The average molecular weight is 527 g/mol. The van der Waals surface area contributed by atoms with Crippen LogP contribution < -0.4 is 14.8 Å². The number of hydrogen-bond donors (Lipinski definition) is 1. The first kappa shape index (κ1) is 23.9. The number of esters is 1. The molecule has 190 valence electrons. The molecule has 6 rings (SSSR count). The van der Waals surface area contributed by atoms with Gasteiger partial charge >= 0.3 is 5.97 Å². The van der Waals surface area contributed by atoms with Gasteiger partial charge in [0.2, 0.25) is 6.79 Å². The highest BCUT2D eigenvalue weighted by molar-refractivity contribution is 7.10. The number of Topliss-reactive ketones (excluding diaryl/α,β-unsaturated/α-hetero) is 1. The van der Waals surface area contributed by atoms with Crippen molar-refractivity contribution in [2.24, 2.45) is 0 Å². The molecular formula is C29H22N2O6S. The number of carbonyl (C=O) groups is 3. The van der Waals surface area contributed by atoms with Crippen LogP contribution in [0.15, 0.2) is 53.9 Å². The Morgan fingerprint density at radius 1 is 1.08 bits per heavy atom. The lowest BCUT2D eigenvalue weighted by Crippen LogP contribution is -2.22. The number of thiophene rings is 1. The molecule has 0 spiro atoms. The maximum Gasteiger partial charge on any atom is 0.339 e. The summed E-state index contributed by atoms with van der Waals surface area (Å²) in [4.78, 5) is 44.2. The molecule has 4 aromatic rings. The van der Waals surface area contributed by atoms with Crippen LogP contribution in [0.4, 0.5) is 5.69 Å². The summed E-state index contributed by atoms with van der Waals surface area (Å²) in [6.07, 6.45) is 3.52. The van der Waals surface area contributed by atoms with Crippen LogP contribution in [-0.2, 0) is 16.0 Å². The molecule has 1 aliphatic heterocycles. The maximum absolute atomic E-state index is 13.4. The summed E-state index contributed by atoms with van der Waals surface area (Å²) < 4.78 is 16.2. The highest BCUT2D eigenvalue weighted by Gasteiger charge is 2.28. The van der Waals surface area contributed by atoms with Crippen molar-refractivity contribution in [2.75, 3.05) is 18.7 Å². The fourth-order valence-corrected chi connectivity index (χ4v) is 5.47. The quantitative estimate of drug-likeness (QED) is 0.261. The molecule has 2 aromatic carbocycles. The van der Waals surface area contributed by atoms with E-state index in [1.807, 2.05) is 41.8 Å². The van der Waals surface area contributed by atoms with Gasteiger partial charge in [-0.1, -0.05) is 24.3 Å². The smallest absolute Gasteiger partial charge is 0.339 e. The minimum atomic E-state index is -0.593. The molecular weight excluding hydrogens is 504 g/mol. The van der Waals surface area contributed by atoms with Crippen molar-refractivity contribution in [3.63, 3.8) is 0 Å². The van der Waals surface area contributed by atoms with E-state index in [0.717, 1.165) is 28.1 Å². The van der Waals surface area contributed by atoms with E-state index in [0.29, 0.717) is 34.4 Å². The number of fused-ring (bicyclic) bond motifs is 3. The lowest BCUT2D eigenvalue weighted by Gasteiger charge is -2.13. The van der Waals surface area contributed by atoms with Crippen LogP contribution in [0, 0.1) is 0 Å². The third-order valence-electron chi connectivity index (χ3n) is 6.51. The lowest BCUT2D eigenvalue weighted by molar-refractivity contribution is -0.119. The van der Waals surface area contributed by atoms with Gasteiger partial charge in [0, 0.05) is 21.9 Å². The topological polar surface area (TPSA) is 104 Å². The Kier molecular flexibility index (Phi) is 6.13. The predicted molar refractivity (Wildman–Crippen MR) is 144 cm³/mol. The van der Waals surface area contributed by atoms with Crippen LogP contribution in [0.5, 0.6) is 11.5 Å². The fourth-order valence-electron chi connectivity index (χ4n) is 4.78. The number of hydrogen-bond acceptors (Lipinski definition) is 8. The van der Waals surface area contributed by atoms with E-state index in [1.54, 1.807) is 11.3 Å². The number of nitrogens with zero attached hydrogens (tertiary/aromatic N) is 1. The molecule has 0 saturated carbocycles. The largest absolute Gasteiger partial charge is 0.454 e. The Labute approximate surface area is 221 Å². The Morgan fingerprint density at radius 3 is 2.68 bits per heavy atom. The normalized spacial score (nSPS) is 14.5. The van der Waals surface area contributed by atoms with E-state index >= 15 is 0 Å². The van der Waals surface area contributed by atoms with Crippen LogP contribution in [0.2, 0.25) is 0 Å². The summed E-state index contributed by atoms with van der Waals surface area (Å²) in [7, 11) is 0. The Hall–Kier alpha value is -4.50. The second-order valence-corrected chi connectivity index (χ2v) is 9.93. The van der Waals surface area contributed by atoms with Crippen molar-refractivity contribution in [2.45, 2.75) is 19.8 Å². The van der Waals surface area contributed by atoms with Crippen molar-refractivity contribution in [3.8, 4) is 11.5 Å². The molecule has 1 amide bonds. The summed E-state index contributed by atoms with van der Waals surface area (Å²) in [5, 5.41) is 5.36. The van der Waals surface area contributed by atoms with E-state index in [4.69, 9.17) is 19.2 Å². The molecule has 0 saturated heterocycles. The zero-order chi connectivity index (χ0) is 26.2. The number of pyridine rings is 1. The van der Waals surface area contributed by atoms with Crippen molar-refractivity contribution in [1.29, 1.82) is 0 Å². The third-order valence-corrected chi connectivity index (χ3v) is 7.33. The molecule has 1 N–H and O–H groups in total. The maximum atomic E-state index is 13.4. The number of allylic oxidation sites excluding steroid dienone is 1. The standard InChI is InChI=1S/C29H22N2O6S/c1-16(32)21-12-24-25(37-15-36-24)13-23(21)30-26(33)14-35-29(34)27-19-6-2-3-7-22(19)31-28-17(8-9-20(27)28)11-18-5-4-10-38-18/h2-7,10-13H,8-9,14-15H2,1H3,(H,30,33). The van der Waals surface area contributed by atoms with Crippen LogP contribution in [0.25, 0.3) is 22.6 Å². The first-order valence-corrected chi connectivity index (χ1v) is 12.9. The minimum absolute atomic E-state index is 0.0378. The number of para-hydroxylation sites is 1. The summed E-state index contributed by atoms with van der Waals surface area (Å²) >= 11 is 1.64. The molecule has 0 fully saturated rings. The molecule has 9 heteroatoms. The monoisotopic (exact) mass is 526 g/mol. The van der Waals surface area contributed by atoms with Gasteiger partial charge in [-0.05, 0) is 60.6 Å². The number of ether oxygens (including phenoxy) is 3. The average Bonchev–Trinajstić information content (AvgIpc) is 3.67. The highest BCUT2D eigenvalue weighted by Crippen LogP contribution is 2.39. The van der Waals surface area contributed by atoms with Gasteiger partial charge in [-0.2, -0.15) is 0 Å². The first-order chi connectivity index (χ1) is 18.5. The summed E-state index contributed by atoms with van der Waals surface area (Å²) in [5.74, 6) is -0.559. The van der Waals surface area contributed by atoms with Crippen molar-refractivity contribution in [1.82, 2.24) is 4.98 Å². The Morgan fingerprint density at radius 2 is 1.89 bits per heavy atom. The molecule has 2 aromatic heterocycles. The first-order valence-electron chi connectivity index (χ1n) is 12.1. The summed E-state index contributed by atoms with van der Waals surface area (Å²) in [5.41, 5.74) is 4.35. The highest BCUT2D eigenvalue weighted by atomic mass is 32.1. The van der Waals surface area contributed by atoms with Gasteiger partial charge in [-0.15, -0.1) is 11.3 Å². The molecule has 3 heterocycles. The molecule has 0 radical (unpaired) electrons. The molecule has 8 nitrogen and oxygen atoms in total. The molecule has 0 bridgehead atoms. The van der Waals surface area contributed by atoms with Gasteiger partial charge in [0.15, 0.2) is 23.9 Å². The molecule has 0 atom stereocenters. The lowest BCUT2D eigenvalue weighted by atomic mass is 10.0. The van der Waals surface area contributed by atoms with Gasteiger partial charge < -0.3 is 19.5 Å². The van der Waals surface area contributed by atoms with E-state index in [1.165, 1.54) is 19.1 Å². The zero-order valence-corrected chi connectivity index (χ0v) is 21.2. The zero-order valence-electron chi connectivity index (χ0n) is 20.4. The van der Waals surface area contributed by atoms with E-state index < -0.39 is 18.5 Å². The number of amides is 1. The van der Waals surface area contributed by atoms with Crippen molar-refractivity contribution in [3.05, 3.63) is 81.2 Å². The number of nitrogens with one attached hydrogen (secondary N) is 1. The second kappa shape index (κ2) is 9.75. The Bertz CT molecular complexity index is 1640. The van der Waals surface area contributed by atoms with Crippen LogP contribution >= 0.6 is 11.3 Å². The molecule has 38 heavy (non-hydrogen) atoms. The van der Waals surface area contributed by atoms with Crippen LogP contribution in [0.3, 0.4) is 0 Å². The van der Waals surface area contributed by atoms with Gasteiger partial charge in [0.05, 0.1) is 22.5 Å². The number of ketones is 1. The molecule has 0 unspecified atom stereocenters. The minimum Gasteiger partial charge on any atom is -0.454 e. The number of anilines is 1. The van der Waals surface area contributed by atoms with Gasteiger partial charge in [-0.25, -0.2) is 9.78 Å². The number of benzene rings is 2.